The molecule has 0 radical (unpaired) electrons. The molecule has 2 amide bonds. The van der Waals surface area contributed by atoms with Crippen molar-refractivity contribution in [1.82, 2.24) is 10.6 Å². The number of nitrogens with zero attached hydrogens (tertiary/aromatic N) is 1. The Morgan fingerprint density at radius 3 is 2.55 bits per heavy atom. The molecule has 1 aliphatic heterocycles. The summed E-state index contributed by atoms with van der Waals surface area (Å²) in [4.78, 5) is 27.1. The number of alkyl halides is 2. The van der Waals surface area contributed by atoms with Crippen LogP contribution in [0.15, 0.2) is 35.3 Å². The van der Waals surface area contributed by atoms with Gasteiger partial charge in [-0.15, -0.1) is 0 Å². The molecule has 1 heterocycles. The standard InChI is InChI=1S/C12H11Cl2N3O2S/c1-20-11-15-10(19)12(17-11,9(13)14)16-8(18)7-5-3-2-4-6-7/h2-6,9H,1H3,(H,16,18)(H,15,17,19)/t12-/m0/s1. The number of benzene rings is 1. The van der Waals surface area contributed by atoms with E-state index in [0.29, 0.717) is 10.7 Å². The van der Waals surface area contributed by atoms with Crippen molar-refractivity contribution in [3.63, 3.8) is 0 Å². The van der Waals surface area contributed by atoms with Crippen LogP contribution < -0.4 is 10.6 Å². The van der Waals surface area contributed by atoms with Crippen LogP contribution in [0.25, 0.3) is 0 Å². The number of nitrogens with one attached hydrogen (secondary N) is 2. The van der Waals surface area contributed by atoms with Gasteiger partial charge in [0.15, 0.2) is 10.0 Å². The van der Waals surface area contributed by atoms with E-state index in [4.69, 9.17) is 23.2 Å². The van der Waals surface area contributed by atoms with Crippen LogP contribution in [0, 0.1) is 0 Å². The molecule has 8 heteroatoms. The molecule has 0 saturated heterocycles. The summed E-state index contributed by atoms with van der Waals surface area (Å²) in [7, 11) is 0. The van der Waals surface area contributed by atoms with E-state index in [1.807, 2.05) is 0 Å². The number of hydrogen-bond donors (Lipinski definition) is 2. The molecule has 0 aliphatic carbocycles. The molecule has 1 aromatic carbocycles. The number of thioether (sulfide) groups is 1. The van der Waals surface area contributed by atoms with E-state index in [0.717, 1.165) is 0 Å². The molecule has 1 atom stereocenters. The third-order valence-electron chi connectivity index (χ3n) is 2.69. The molecule has 0 bridgehead atoms. The fourth-order valence-corrected chi connectivity index (χ4v) is 2.48. The lowest BCUT2D eigenvalue weighted by Gasteiger charge is -2.25. The predicted octanol–water partition coefficient (Wildman–Crippen LogP) is 1.77. The summed E-state index contributed by atoms with van der Waals surface area (Å²) in [6.07, 6.45) is 1.74. The molecule has 0 aromatic heterocycles. The number of amides is 2. The molecule has 2 N–H and O–H groups in total. The lowest BCUT2D eigenvalue weighted by Crippen LogP contribution is -2.58. The molecular weight excluding hydrogens is 321 g/mol. The van der Waals surface area contributed by atoms with E-state index < -0.39 is 22.3 Å². The van der Waals surface area contributed by atoms with Gasteiger partial charge in [-0.05, 0) is 18.4 Å². The molecule has 1 aromatic rings. The summed E-state index contributed by atoms with van der Waals surface area (Å²) < 4.78 is 0. The van der Waals surface area contributed by atoms with E-state index in [2.05, 4.69) is 15.6 Å². The summed E-state index contributed by atoms with van der Waals surface area (Å²) in [6, 6.07) is 8.45. The van der Waals surface area contributed by atoms with Gasteiger partial charge in [0, 0.05) is 5.56 Å². The van der Waals surface area contributed by atoms with E-state index in [1.165, 1.54) is 11.8 Å². The number of halogens is 2. The van der Waals surface area contributed by atoms with Crippen molar-refractivity contribution in [2.75, 3.05) is 6.26 Å². The van der Waals surface area contributed by atoms with Crippen molar-refractivity contribution in [3.8, 4) is 0 Å². The third-order valence-corrected chi connectivity index (χ3v) is 3.91. The first kappa shape index (κ1) is 15.2. The van der Waals surface area contributed by atoms with E-state index in [1.54, 1.807) is 36.6 Å². The van der Waals surface area contributed by atoms with E-state index in [9.17, 15) is 9.59 Å². The highest BCUT2D eigenvalue weighted by atomic mass is 35.5. The molecule has 0 spiro atoms. The number of carbonyl (C=O) groups excluding carboxylic acids is 2. The first-order valence-corrected chi connectivity index (χ1v) is 7.70. The average Bonchev–Trinajstić information content (AvgIpc) is 2.77. The van der Waals surface area contributed by atoms with Gasteiger partial charge in [0.25, 0.3) is 11.8 Å². The summed E-state index contributed by atoms with van der Waals surface area (Å²) in [5.74, 6) is -1.03. The normalized spacial score (nSPS) is 21.6. The Balaban J connectivity index is 2.30. The molecule has 20 heavy (non-hydrogen) atoms. The van der Waals surface area contributed by atoms with Gasteiger partial charge in [-0.1, -0.05) is 53.2 Å². The molecular formula is C12H11Cl2N3O2S. The molecule has 5 nitrogen and oxygen atoms in total. The van der Waals surface area contributed by atoms with Crippen LogP contribution in [0.1, 0.15) is 10.4 Å². The fourth-order valence-electron chi connectivity index (χ4n) is 1.65. The van der Waals surface area contributed by atoms with Gasteiger partial charge in [-0.3, -0.25) is 9.59 Å². The minimum absolute atomic E-state index is 0.356. The van der Waals surface area contributed by atoms with Gasteiger partial charge in [0.2, 0.25) is 5.66 Å². The molecule has 0 unspecified atom stereocenters. The summed E-state index contributed by atoms with van der Waals surface area (Å²) in [5.41, 5.74) is -1.31. The van der Waals surface area contributed by atoms with Crippen molar-refractivity contribution in [2.45, 2.75) is 10.5 Å². The molecule has 106 valence electrons. The van der Waals surface area contributed by atoms with Crippen molar-refractivity contribution < 1.29 is 9.59 Å². The Labute approximate surface area is 130 Å². The highest BCUT2D eigenvalue weighted by molar-refractivity contribution is 8.13. The monoisotopic (exact) mass is 331 g/mol. The van der Waals surface area contributed by atoms with Crippen LogP contribution >= 0.6 is 35.0 Å². The van der Waals surface area contributed by atoms with Crippen molar-refractivity contribution >= 4 is 51.9 Å². The Morgan fingerprint density at radius 1 is 1.40 bits per heavy atom. The first-order valence-electron chi connectivity index (χ1n) is 5.60. The van der Waals surface area contributed by atoms with Crippen LogP contribution in [0.2, 0.25) is 0 Å². The maximum atomic E-state index is 12.2. The first-order chi connectivity index (χ1) is 9.49. The number of amidine groups is 1. The number of carbonyl (C=O) groups is 2. The third kappa shape index (κ3) is 2.77. The van der Waals surface area contributed by atoms with Crippen molar-refractivity contribution in [2.24, 2.45) is 4.99 Å². The summed E-state index contributed by atoms with van der Waals surface area (Å²) in [6.45, 7) is 0. The number of hydrogen-bond acceptors (Lipinski definition) is 4. The Morgan fingerprint density at radius 2 is 2.05 bits per heavy atom. The van der Waals surface area contributed by atoms with Gasteiger partial charge >= 0.3 is 0 Å². The SMILES string of the molecule is CSC1=N[C@@](NC(=O)c2ccccc2)(C(Cl)Cl)C(=O)N1. The van der Waals surface area contributed by atoms with Gasteiger partial charge < -0.3 is 10.6 Å². The van der Waals surface area contributed by atoms with Gasteiger partial charge in [0.1, 0.15) is 0 Å². The minimum Gasteiger partial charge on any atom is -0.318 e. The molecule has 0 fully saturated rings. The second-order valence-corrected chi connectivity index (χ2v) is 5.85. The Hall–Kier alpha value is -1.24. The average molecular weight is 332 g/mol. The highest BCUT2D eigenvalue weighted by Crippen LogP contribution is 2.28. The quantitative estimate of drug-likeness (QED) is 0.829. The highest BCUT2D eigenvalue weighted by Gasteiger charge is 2.50. The minimum atomic E-state index is -1.70. The van der Waals surface area contributed by atoms with Crippen LogP contribution in [-0.2, 0) is 4.79 Å². The number of rotatable bonds is 3. The zero-order valence-electron chi connectivity index (χ0n) is 10.4. The summed E-state index contributed by atoms with van der Waals surface area (Å²) >= 11 is 13.0. The topological polar surface area (TPSA) is 70.6 Å². The summed E-state index contributed by atoms with van der Waals surface area (Å²) in [5, 5.41) is 5.39. The lowest BCUT2D eigenvalue weighted by molar-refractivity contribution is -0.124. The zero-order chi connectivity index (χ0) is 14.8. The van der Waals surface area contributed by atoms with Crippen molar-refractivity contribution in [1.29, 1.82) is 0 Å². The maximum absolute atomic E-state index is 12.2. The second kappa shape index (κ2) is 6.03. The number of aliphatic imine (C=N–C) groups is 1. The van der Waals surface area contributed by atoms with E-state index >= 15 is 0 Å². The van der Waals surface area contributed by atoms with Crippen LogP contribution in [0.5, 0.6) is 0 Å². The predicted molar refractivity (Wildman–Crippen MR) is 81.2 cm³/mol. The maximum Gasteiger partial charge on any atom is 0.277 e. The van der Waals surface area contributed by atoms with Crippen LogP contribution in [-0.4, -0.2) is 33.7 Å². The molecule has 1 aliphatic rings. The lowest BCUT2D eigenvalue weighted by atomic mass is 10.1. The Kier molecular flexibility index (Phi) is 4.57. The second-order valence-electron chi connectivity index (χ2n) is 3.96. The van der Waals surface area contributed by atoms with E-state index in [-0.39, 0.29) is 0 Å². The fraction of sp³-hybridized carbons (Fsp3) is 0.250. The zero-order valence-corrected chi connectivity index (χ0v) is 12.7. The van der Waals surface area contributed by atoms with Gasteiger partial charge in [-0.25, -0.2) is 4.99 Å². The molecule has 2 rings (SSSR count). The smallest absolute Gasteiger partial charge is 0.277 e. The van der Waals surface area contributed by atoms with Gasteiger partial charge in [0.05, 0.1) is 0 Å². The largest absolute Gasteiger partial charge is 0.318 e. The Bertz CT molecular complexity index is 565. The van der Waals surface area contributed by atoms with Gasteiger partial charge in [-0.2, -0.15) is 0 Å². The van der Waals surface area contributed by atoms with Crippen molar-refractivity contribution in [3.05, 3.63) is 35.9 Å². The van der Waals surface area contributed by atoms with Crippen LogP contribution in [0.3, 0.4) is 0 Å². The van der Waals surface area contributed by atoms with Crippen LogP contribution in [0.4, 0.5) is 0 Å². The molecule has 0 saturated carbocycles.